The lowest BCUT2D eigenvalue weighted by Crippen LogP contribution is -2.43. The first-order chi connectivity index (χ1) is 14.6. The Bertz CT molecular complexity index is 632. The number of nitrogens with zero attached hydrogens (tertiary/aromatic N) is 3. The van der Waals surface area contributed by atoms with E-state index in [0.717, 1.165) is 51.5 Å². The van der Waals surface area contributed by atoms with Gasteiger partial charge in [-0.2, -0.15) is 0 Å². The highest BCUT2D eigenvalue weighted by Crippen LogP contribution is 2.52. The van der Waals surface area contributed by atoms with Crippen molar-refractivity contribution in [2.75, 3.05) is 45.8 Å². The quantitative estimate of drug-likeness (QED) is 0.0985. The largest absolute Gasteiger partial charge is 0.357 e. The minimum absolute atomic E-state index is 0. The summed E-state index contributed by atoms with van der Waals surface area (Å²) in [6, 6.07) is 0. The molecule has 1 saturated heterocycles. The molecule has 2 aliphatic carbocycles. The number of imide groups is 1. The SMILES string of the molecule is CCCN(CCC)CCCN=C(NCC)NCCN1C(=O)C2C3C=CC(C3)C2C1=O.I. The number of carbonyl (C=O) groups is 2. The number of halogens is 1. The second-order valence-electron chi connectivity index (χ2n) is 8.71. The third-order valence-corrected chi connectivity index (χ3v) is 6.52. The summed E-state index contributed by atoms with van der Waals surface area (Å²) in [7, 11) is 0. The number of rotatable bonds is 12. The Hall–Kier alpha value is -1.16. The van der Waals surface area contributed by atoms with Crippen molar-refractivity contribution in [1.29, 1.82) is 0 Å². The van der Waals surface area contributed by atoms with Gasteiger partial charge < -0.3 is 15.5 Å². The van der Waals surface area contributed by atoms with E-state index in [1.54, 1.807) is 0 Å². The van der Waals surface area contributed by atoms with E-state index in [2.05, 4.69) is 46.5 Å². The number of carbonyl (C=O) groups excluding carboxylic acids is 2. The first-order valence-electron chi connectivity index (χ1n) is 11.9. The molecule has 2 amide bonds. The number of guanidine groups is 1. The van der Waals surface area contributed by atoms with Crippen molar-refractivity contribution in [2.24, 2.45) is 28.7 Å². The fraction of sp³-hybridized carbons (Fsp3) is 0.783. The average molecular weight is 546 g/mol. The number of nitrogens with one attached hydrogen (secondary N) is 2. The zero-order chi connectivity index (χ0) is 21.5. The Morgan fingerprint density at radius 1 is 1.03 bits per heavy atom. The standard InChI is InChI=1S/C23H39N5O2.HI/c1-4-12-27(13-5-2)14-7-10-25-23(24-6-3)26-11-15-28-21(29)19-17-8-9-18(16-17)20(19)22(28)30;/h8-9,17-20H,4-7,10-16H2,1-3H3,(H2,24,25,26);1H. The molecule has 1 aliphatic heterocycles. The van der Waals surface area contributed by atoms with E-state index in [-0.39, 0.29) is 59.5 Å². The molecule has 0 radical (unpaired) electrons. The van der Waals surface area contributed by atoms with Crippen LogP contribution in [0.25, 0.3) is 0 Å². The summed E-state index contributed by atoms with van der Waals surface area (Å²) in [6.07, 6.45) is 8.64. The molecule has 2 fully saturated rings. The van der Waals surface area contributed by atoms with Crippen LogP contribution in [0.4, 0.5) is 0 Å². The normalized spacial score (nSPS) is 26.6. The van der Waals surface area contributed by atoms with Crippen LogP contribution in [0.2, 0.25) is 0 Å². The highest BCUT2D eigenvalue weighted by atomic mass is 127. The summed E-state index contributed by atoms with van der Waals surface area (Å²) in [5.41, 5.74) is 0. The number of likely N-dealkylation sites (tertiary alicyclic amines) is 1. The predicted octanol–water partition coefficient (Wildman–Crippen LogP) is 2.48. The van der Waals surface area contributed by atoms with Crippen LogP contribution in [0.5, 0.6) is 0 Å². The molecule has 1 saturated carbocycles. The Morgan fingerprint density at radius 3 is 2.19 bits per heavy atom. The number of hydrogen-bond acceptors (Lipinski definition) is 4. The van der Waals surface area contributed by atoms with E-state index >= 15 is 0 Å². The third kappa shape index (κ3) is 6.21. The first kappa shape index (κ1) is 26.1. The van der Waals surface area contributed by atoms with Crippen LogP contribution in [0.3, 0.4) is 0 Å². The van der Waals surface area contributed by atoms with E-state index in [9.17, 15) is 9.59 Å². The zero-order valence-electron chi connectivity index (χ0n) is 19.3. The topological polar surface area (TPSA) is 77.0 Å². The molecule has 0 spiro atoms. The Morgan fingerprint density at radius 2 is 1.65 bits per heavy atom. The van der Waals surface area contributed by atoms with Crippen LogP contribution < -0.4 is 10.6 Å². The van der Waals surface area contributed by atoms with Gasteiger partial charge in [0.25, 0.3) is 0 Å². The minimum atomic E-state index is -0.108. The van der Waals surface area contributed by atoms with E-state index in [1.165, 1.54) is 17.7 Å². The van der Waals surface area contributed by atoms with Crippen molar-refractivity contribution in [3.05, 3.63) is 12.2 Å². The maximum Gasteiger partial charge on any atom is 0.233 e. The van der Waals surface area contributed by atoms with Gasteiger partial charge in [0.05, 0.1) is 11.8 Å². The molecule has 2 N–H and O–H groups in total. The number of hydrogen-bond donors (Lipinski definition) is 2. The summed E-state index contributed by atoms with van der Waals surface area (Å²) >= 11 is 0. The average Bonchev–Trinajstić information content (AvgIpc) is 3.41. The van der Waals surface area contributed by atoms with Gasteiger partial charge in [0.1, 0.15) is 0 Å². The van der Waals surface area contributed by atoms with Gasteiger partial charge in [0.2, 0.25) is 11.8 Å². The maximum atomic E-state index is 12.8. The highest BCUT2D eigenvalue weighted by Gasteiger charge is 2.58. The van der Waals surface area contributed by atoms with Gasteiger partial charge in [-0.3, -0.25) is 19.5 Å². The molecule has 3 aliphatic rings. The summed E-state index contributed by atoms with van der Waals surface area (Å²) < 4.78 is 0. The van der Waals surface area contributed by atoms with E-state index in [4.69, 9.17) is 0 Å². The third-order valence-electron chi connectivity index (χ3n) is 6.52. The molecule has 7 nitrogen and oxygen atoms in total. The van der Waals surface area contributed by atoms with Crippen molar-refractivity contribution >= 4 is 41.8 Å². The molecule has 1 heterocycles. The smallest absolute Gasteiger partial charge is 0.233 e. The molecule has 3 rings (SSSR count). The summed E-state index contributed by atoms with van der Waals surface area (Å²) in [4.78, 5) is 34.2. The number of allylic oxidation sites excluding steroid dienone is 2. The summed E-state index contributed by atoms with van der Waals surface area (Å²) in [5.74, 6) is 1.14. The Kier molecular flexibility index (Phi) is 10.7. The second-order valence-corrected chi connectivity index (χ2v) is 8.71. The van der Waals surface area contributed by atoms with Crippen LogP contribution in [0, 0.1) is 23.7 Å². The molecular formula is C23H40IN5O2. The van der Waals surface area contributed by atoms with Crippen LogP contribution >= 0.6 is 24.0 Å². The molecule has 2 bridgehead atoms. The van der Waals surface area contributed by atoms with Gasteiger partial charge in [-0.15, -0.1) is 24.0 Å². The van der Waals surface area contributed by atoms with Gasteiger partial charge in [-0.25, -0.2) is 0 Å². The molecule has 0 aromatic carbocycles. The molecule has 8 heteroatoms. The van der Waals surface area contributed by atoms with Crippen LogP contribution in [0.15, 0.2) is 17.1 Å². The van der Waals surface area contributed by atoms with Gasteiger partial charge in [0, 0.05) is 26.2 Å². The van der Waals surface area contributed by atoms with Gasteiger partial charge in [0.15, 0.2) is 5.96 Å². The van der Waals surface area contributed by atoms with Gasteiger partial charge in [-0.1, -0.05) is 26.0 Å². The molecule has 176 valence electrons. The minimum Gasteiger partial charge on any atom is -0.357 e. The second kappa shape index (κ2) is 12.8. The lowest BCUT2D eigenvalue weighted by molar-refractivity contribution is -0.140. The van der Waals surface area contributed by atoms with E-state index in [1.807, 2.05) is 6.92 Å². The molecule has 0 aromatic rings. The maximum absolute atomic E-state index is 12.8. The monoisotopic (exact) mass is 545 g/mol. The number of amides is 2. The zero-order valence-corrected chi connectivity index (χ0v) is 21.6. The lowest BCUT2D eigenvalue weighted by Gasteiger charge is -2.20. The first-order valence-corrected chi connectivity index (χ1v) is 11.9. The van der Waals surface area contributed by atoms with Crippen LogP contribution in [-0.4, -0.2) is 73.4 Å². The number of aliphatic imine (C=N–C) groups is 1. The van der Waals surface area contributed by atoms with Crippen molar-refractivity contribution in [1.82, 2.24) is 20.4 Å². The van der Waals surface area contributed by atoms with E-state index in [0.29, 0.717) is 13.1 Å². The summed E-state index contributed by atoms with van der Waals surface area (Å²) in [6.45, 7) is 12.3. The fourth-order valence-electron chi connectivity index (χ4n) is 5.27. The van der Waals surface area contributed by atoms with Crippen LogP contribution in [-0.2, 0) is 9.59 Å². The molecule has 0 aromatic heterocycles. The van der Waals surface area contributed by atoms with Crippen molar-refractivity contribution in [3.63, 3.8) is 0 Å². The molecule has 4 atom stereocenters. The molecule has 4 unspecified atom stereocenters. The van der Waals surface area contributed by atoms with Crippen LogP contribution in [0.1, 0.15) is 46.5 Å². The van der Waals surface area contributed by atoms with Gasteiger partial charge in [-0.05, 0) is 64.1 Å². The molecule has 31 heavy (non-hydrogen) atoms. The fourth-order valence-corrected chi connectivity index (χ4v) is 5.27. The highest BCUT2D eigenvalue weighted by molar-refractivity contribution is 14.0. The van der Waals surface area contributed by atoms with Crippen molar-refractivity contribution < 1.29 is 9.59 Å². The Labute approximate surface area is 204 Å². The molecular weight excluding hydrogens is 505 g/mol. The predicted molar refractivity (Wildman–Crippen MR) is 135 cm³/mol. The number of fused-ring (bicyclic) bond motifs is 5. The summed E-state index contributed by atoms with van der Waals surface area (Å²) in [5, 5.41) is 6.55. The van der Waals surface area contributed by atoms with Crippen molar-refractivity contribution in [2.45, 2.75) is 46.5 Å². The lowest BCUT2D eigenvalue weighted by atomic mass is 9.85. The Balaban J connectivity index is 0.00000341. The van der Waals surface area contributed by atoms with E-state index < -0.39 is 0 Å². The van der Waals surface area contributed by atoms with Crippen molar-refractivity contribution in [3.8, 4) is 0 Å². The van der Waals surface area contributed by atoms with Gasteiger partial charge >= 0.3 is 0 Å².